The van der Waals surface area contributed by atoms with E-state index in [1.807, 2.05) is 72.8 Å². The van der Waals surface area contributed by atoms with Crippen molar-refractivity contribution in [3.05, 3.63) is 90.5 Å². The standard InChI is InChI=1S/C22H16N2OS/c25-21(15-14-16-8-2-1-3-9-16)23-18-11-5-4-10-17(18)22-24-19-12-6-7-13-20(19)26-22/h1-15H,(H,23,25)/b15-14+. The molecule has 1 aromatic heterocycles. The van der Waals surface area contributed by atoms with Crippen molar-refractivity contribution in [2.75, 3.05) is 5.32 Å². The second kappa shape index (κ2) is 7.33. The number of carbonyl (C=O) groups is 1. The van der Waals surface area contributed by atoms with Gasteiger partial charge in [-0.15, -0.1) is 11.3 Å². The monoisotopic (exact) mass is 356 g/mol. The molecule has 0 unspecified atom stereocenters. The van der Waals surface area contributed by atoms with Gasteiger partial charge in [-0.1, -0.05) is 54.6 Å². The van der Waals surface area contributed by atoms with Gasteiger partial charge in [0.05, 0.1) is 15.9 Å². The summed E-state index contributed by atoms with van der Waals surface area (Å²) in [5.41, 5.74) is 3.64. The summed E-state index contributed by atoms with van der Waals surface area (Å²) >= 11 is 1.62. The number of fused-ring (bicyclic) bond motifs is 1. The van der Waals surface area contributed by atoms with Gasteiger partial charge in [-0.3, -0.25) is 4.79 Å². The molecule has 1 amide bonds. The van der Waals surface area contributed by atoms with E-state index in [-0.39, 0.29) is 5.91 Å². The second-order valence-electron chi connectivity index (χ2n) is 5.77. The Morgan fingerprint density at radius 3 is 2.46 bits per heavy atom. The first-order valence-corrected chi connectivity index (χ1v) is 9.10. The van der Waals surface area contributed by atoms with Gasteiger partial charge < -0.3 is 5.32 Å². The summed E-state index contributed by atoms with van der Waals surface area (Å²) in [4.78, 5) is 17.0. The number of aromatic nitrogens is 1. The predicted molar refractivity (Wildman–Crippen MR) is 109 cm³/mol. The van der Waals surface area contributed by atoms with Crippen LogP contribution in [0.3, 0.4) is 0 Å². The molecule has 0 radical (unpaired) electrons. The molecule has 0 spiro atoms. The largest absolute Gasteiger partial charge is 0.322 e. The van der Waals surface area contributed by atoms with Crippen molar-refractivity contribution < 1.29 is 4.79 Å². The molecule has 0 saturated carbocycles. The topological polar surface area (TPSA) is 42.0 Å². The van der Waals surface area contributed by atoms with E-state index in [9.17, 15) is 4.79 Å². The molecule has 1 heterocycles. The maximum Gasteiger partial charge on any atom is 0.248 e. The summed E-state index contributed by atoms with van der Waals surface area (Å²) in [5.74, 6) is -0.164. The highest BCUT2D eigenvalue weighted by Gasteiger charge is 2.11. The fourth-order valence-electron chi connectivity index (χ4n) is 2.68. The number of hydrogen-bond donors (Lipinski definition) is 1. The lowest BCUT2D eigenvalue weighted by atomic mass is 10.1. The van der Waals surface area contributed by atoms with Crippen LogP contribution in [-0.4, -0.2) is 10.9 Å². The van der Waals surface area contributed by atoms with Crippen LogP contribution < -0.4 is 5.32 Å². The molecule has 0 fully saturated rings. The van der Waals surface area contributed by atoms with Gasteiger partial charge >= 0.3 is 0 Å². The van der Waals surface area contributed by atoms with Gasteiger partial charge in [0.2, 0.25) is 5.91 Å². The number of rotatable bonds is 4. The number of para-hydroxylation sites is 2. The molecule has 0 aliphatic heterocycles. The van der Waals surface area contributed by atoms with Gasteiger partial charge in [0, 0.05) is 11.6 Å². The number of amides is 1. The molecule has 4 aromatic rings. The molecule has 0 aliphatic rings. The van der Waals surface area contributed by atoms with E-state index in [4.69, 9.17) is 4.98 Å². The molecule has 126 valence electrons. The zero-order chi connectivity index (χ0) is 17.8. The number of nitrogens with zero attached hydrogens (tertiary/aromatic N) is 1. The number of benzene rings is 3. The second-order valence-corrected chi connectivity index (χ2v) is 6.80. The molecule has 26 heavy (non-hydrogen) atoms. The third kappa shape index (κ3) is 3.55. The van der Waals surface area contributed by atoms with Gasteiger partial charge in [-0.25, -0.2) is 4.98 Å². The average molecular weight is 356 g/mol. The molecule has 0 aliphatic carbocycles. The quantitative estimate of drug-likeness (QED) is 0.483. The summed E-state index contributed by atoms with van der Waals surface area (Å²) in [5, 5.41) is 3.86. The Bertz CT molecular complexity index is 1050. The minimum Gasteiger partial charge on any atom is -0.322 e. The Labute approximate surface area is 155 Å². The average Bonchev–Trinajstić information content (AvgIpc) is 3.12. The molecule has 0 saturated heterocycles. The van der Waals surface area contributed by atoms with Crippen LogP contribution >= 0.6 is 11.3 Å². The summed E-state index contributed by atoms with van der Waals surface area (Å²) in [6.45, 7) is 0. The van der Waals surface area contributed by atoms with Crippen LogP contribution in [0.25, 0.3) is 26.9 Å². The minimum absolute atomic E-state index is 0.164. The minimum atomic E-state index is -0.164. The normalized spacial score (nSPS) is 11.1. The molecule has 3 aromatic carbocycles. The zero-order valence-corrected chi connectivity index (χ0v) is 14.7. The lowest BCUT2D eigenvalue weighted by Crippen LogP contribution is -2.08. The van der Waals surface area contributed by atoms with Crippen molar-refractivity contribution in [1.82, 2.24) is 4.98 Å². The summed E-state index contributed by atoms with van der Waals surface area (Å²) in [7, 11) is 0. The van der Waals surface area contributed by atoms with E-state index in [0.717, 1.165) is 32.0 Å². The Balaban J connectivity index is 1.59. The zero-order valence-electron chi connectivity index (χ0n) is 13.9. The number of hydrogen-bond acceptors (Lipinski definition) is 3. The Kier molecular flexibility index (Phi) is 4.58. The van der Waals surface area contributed by atoms with E-state index in [2.05, 4.69) is 11.4 Å². The van der Waals surface area contributed by atoms with Crippen LogP contribution in [0.4, 0.5) is 5.69 Å². The predicted octanol–water partition coefficient (Wildman–Crippen LogP) is 5.62. The first-order chi connectivity index (χ1) is 12.8. The van der Waals surface area contributed by atoms with Crippen molar-refractivity contribution in [2.45, 2.75) is 0 Å². The van der Waals surface area contributed by atoms with Crippen LogP contribution in [0.15, 0.2) is 84.9 Å². The van der Waals surface area contributed by atoms with E-state index in [1.54, 1.807) is 23.5 Å². The van der Waals surface area contributed by atoms with E-state index in [1.165, 1.54) is 0 Å². The van der Waals surface area contributed by atoms with Gasteiger partial charge in [-0.2, -0.15) is 0 Å². The first kappa shape index (κ1) is 16.2. The lowest BCUT2D eigenvalue weighted by Gasteiger charge is -2.07. The molecule has 4 heteroatoms. The van der Waals surface area contributed by atoms with Gasteiger partial charge in [0.15, 0.2) is 0 Å². The number of carbonyl (C=O) groups excluding carboxylic acids is 1. The molecule has 3 nitrogen and oxygen atoms in total. The van der Waals surface area contributed by atoms with Gasteiger partial charge in [0.25, 0.3) is 0 Å². The Morgan fingerprint density at radius 2 is 1.62 bits per heavy atom. The Morgan fingerprint density at radius 1 is 0.885 bits per heavy atom. The lowest BCUT2D eigenvalue weighted by molar-refractivity contribution is -0.111. The maximum absolute atomic E-state index is 12.3. The van der Waals surface area contributed by atoms with Gasteiger partial charge in [0.1, 0.15) is 5.01 Å². The van der Waals surface area contributed by atoms with Crippen molar-refractivity contribution >= 4 is 39.2 Å². The first-order valence-electron chi connectivity index (χ1n) is 8.29. The van der Waals surface area contributed by atoms with Crippen molar-refractivity contribution in [1.29, 1.82) is 0 Å². The number of anilines is 1. The van der Waals surface area contributed by atoms with E-state index in [0.29, 0.717) is 0 Å². The fraction of sp³-hybridized carbons (Fsp3) is 0. The van der Waals surface area contributed by atoms with Crippen molar-refractivity contribution in [3.8, 4) is 10.6 Å². The Hall–Kier alpha value is -3.24. The number of nitrogens with one attached hydrogen (secondary N) is 1. The highest BCUT2D eigenvalue weighted by molar-refractivity contribution is 7.21. The highest BCUT2D eigenvalue weighted by atomic mass is 32.1. The van der Waals surface area contributed by atoms with Crippen LogP contribution in [0.2, 0.25) is 0 Å². The van der Waals surface area contributed by atoms with Crippen molar-refractivity contribution in [3.63, 3.8) is 0 Å². The molecular formula is C22H16N2OS. The fourth-order valence-corrected chi connectivity index (χ4v) is 3.68. The van der Waals surface area contributed by atoms with Crippen LogP contribution in [-0.2, 0) is 4.79 Å². The van der Waals surface area contributed by atoms with E-state index < -0.39 is 0 Å². The third-order valence-electron chi connectivity index (χ3n) is 3.94. The summed E-state index contributed by atoms with van der Waals surface area (Å²) in [6.07, 6.45) is 3.35. The molecule has 1 N–H and O–H groups in total. The van der Waals surface area contributed by atoms with Gasteiger partial charge in [-0.05, 0) is 35.9 Å². The van der Waals surface area contributed by atoms with Crippen molar-refractivity contribution in [2.24, 2.45) is 0 Å². The summed E-state index contributed by atoms with van der Waals surface area (Å²) < 4.78 is 1.13. The number of thiazole rings is 1. The van der Waals surface area contributed by atoms with E-state index >= 15 is 0 Å². The molecule has 0 atom stereocenters. The molecule has 4 rings (SSSR count). The van der Waals surface area contributed by atoms with Crippen LogP contribution in [0, 0.1) is 0 Å². The SMILES string of the molecule is O=C(/C=C/c1ccccc1)Nc1ccccc1-c1nc2ccccc2s1. The molecular weight excluding hydrogens is 340 g/mol. The third-order valence-corrected chi connectivity index (χ3v) is 5.01. The summed E-state index contributed by atoms with van der Waals surface area (Å²) in [6, 6.07) is 25.5. The van der Waals surface area contributed by atoms with Crippen LogP contribution in [0.5, 0.6) is 0 Å². The van der Waals surface area contributed by atoms with Crippen LogP contribution in [0.1, 0.15) is 5.56 Å². The molecule has 0 bridgehead atoms. The highest BCUT2D eigenvalue weighted by Crippen LogP contribution is 2.34. The smallest absolute Gasteiger partial charge is 0.248 e. The maximum atomic E-state index is 12.3.